The van der Waals surface area contributed by atoms with Gasteiger partial charge in [0.05, 0.1) is 19.9 Å². The third-order valence-electron chi connectivity index (χ3n) is 4.66. The second-order valence-corrected chi connectivity index (χ2v) is 7.94. The lowest BCUT2D eigenvalue weighted by Gasteiger charge is -2.15. The van der Waals surface area contributed by atoms with Crippen LogP contribution in [-0.4, -0.2) is 28.2 Å². The summed E-state index contributed by atoms with van der Waals surface area (Å²) in [4.78, 5) is 17.2. The van der Waals surface area contributed by atoms with Crippen molar-refractivity contribution >= 4 is 17.7 Å². The Bertz CT molecular complexity index is 1100. The first kappa shape index (κ1) is 20.7. The number of aromatic amines is 1. The van der Waals surface area contributed by atoms with E-state index in [2.05, 4.69) is 20.5 Å². The van der Waals surface area contributed by atoms with Crippen molar-refractivity contribution < 1.29 is 13.9 Å². The molecule has 0 aliphatic rings. The first-order valence-corrected chi connectivity index (χ1v) is 10.7. The highest BCUT2D eigenvalue weighted by atomic mass is 32.2. The fourth-order valence-corrected chi connectivity index (χ4v) is 4.06. The van der Waals surface area contributed by atoms with Crippen LogP contribution in [0.3, 0.4) is 0 Å². The molecule has 7 nitrogen and oxygen atoms in total. The maximum absolute atomic E-state index is 12.6. The molecule has 0 bridgehead atoms. The number of hydrogen-bond donors (Lipinski definition) is 2. The average Bonchev–Trinajstić information content (AvgIpc) is 3.50. The van der Waals surface area contributed by atoms with E-state index >= 15 is 0 Å². The van der Waals surface area contributed by atoms with Crippen LogP contribution >= 0.6 is 11.8 Å². The van der Waals surface area contributed by atoms with Gasteiger partial charge in [0.15, 0.2) is 5.82 Å². The summed E-state index contributed by atoms with van der Waals surface area (Å²) in [7, 11) is 1.63. The molecule has 0 saturated heterocycles. The van der Waals surface area contributed by atoms with Gasteiger partial charge >= 0.3 is 0 Å². The maximum atomic E-state index is 12.6. The first-order chi connectivity index (χ1) is 15.2. The third-order valence-corrected chi connectivity index (χ3v) is 5.77. The Balaban J connectivity index is 1.46. The zero-order chi connectivity index (χ0) is 21.5. The van der Waals surface area contributed by atoms with Crippen LogP contribution in [0.5, 0.6) is 5.75 Å². The molecular formula is C23H22N4O3S. The van der Waals surface area contributed by atoms with Crippen LogP contribution in [0.4, 0.5) is 0 Å². The van der Waals surface area contributed by atoms with Gasteiger partial charge < -0.3 is 14.5 Å². The summed E-state index contributed by atoms with van der Waals surface area (Å²) >= 11 is 1.45. The normalized spacial score (nSPS) is 11.8. The lowest BCUT2D eigenvalue weighted by molar-refractivity contribution is -0.121. The third kappa shape index (κ3) is 5.55. The van der Waals surface area contributed by atoms with Gasteiger partial charge in [0, 0.05) is 17.2 Å². The van der Waals surface area contributed by atoms with Gasteiger partial charge in [-0.3, -0.25) is 9.89 Å². The summed E-state index contributed by atoms with van der Waals surface area (Å²) in [6.07, 6.45) is 1.88. The van der Waals surface area contributed by atoms with Crippen molar-refractivity contribution in [3.63, 3.8) is 0 Å². The molecule has 0 spiro atoms. The molecule has 2 heterocycles. The van der Waals surface area contributed by atoms with E-state index in [9.17, 15) is 4.79 Å². The van der Waals surface area contributed by atoms with E-state index in [1.165, 1.54) is 11.8 Å². The topological polar surface area (TPSA) is 93.0 Å². The zero-order valence-corrected chi connectivity index (χ0v) is 17.8. The number of amides is 1. The molecule has 158 valence electrons. The van der Waals surface area contributed by atoms with Crippen molar-refractivity contribution in [3.05, 3.63) is 84.3 Å². The SMILES string of the molecule is COc1ccc(-c2nc(SC(CC(=O)NCc3ccco3)c3ccccc3)n[nH]2)cc1. The number of nitrogens with zero attached hydrogens (tertiary/aromatic N) is 2. The van der Waals surface area contributed by atoms with Crippen molar-refractivity contribution in [2.45, 2.75) is 23.4 Å². The maximum Gasteiger partial charge on any atom is 0.221 e. The minimum Gasteiger partial charge on any atom is -0.497 e. The predicted molar refractivity (Wildman–Crippen MR) is 119 cm³/mol. The van der Waals surface area contributed by atoms with E-state index in [-0.39, 0.29) is 11.2 Å². The summed E-state index contributed by atoms with van der Waals surface area (Å²) in [5.41, 5.74) is 1.95. The minimum atomic E-state index is -0.127. The summed E-state index contributed by atoms with van der Waals surface area (Å²) in [6.45, 7) is 0.361. The molecule has 0 aliphatic heterocycles. The van der Waals surface area contributed by atoms with Crippen molar-refractivity contribution in [3.8, 4) is 17.1 Å². The quantitative estimate of drug-likeness (QED) is 0.374. The van der Waals surface area contributed by atoms with E-state index in [1.54, 1.807) is 19.4 Å². The predicted octanol–water partition coefficient (Wildman–Crippen LogP) is 4.61. The van der Waals surface area contributed by atoms with Gasteiger partial charge in [-0.2, -0.15) is 0 Å². The van der Waals surface area contributed by atoms with Crippen LogP contribution in [0.15, 0.2) is 82.6 Å². The Labute approximate surface area is 184 Å². The Hall–Kier alpha value is -3.52. The van der Waals surface area contributed by atoms with E-state index in [4.69, 9.17) is 9.15 Å². The van der Waals surface area contributed by atoms with Gasteiger partial charge in [0.25, 0.3) is 0 Å². The molecule has 4 rings (SSSR count). The fourth-order valence-electron chi connectivity index (χ4n) is 3.04. The van der Waals surface area contributed by atoms with Crippen molar-refractivity contribution in [1.82, 2.24) is 20.5 Å². The zero-order valence-electron chi connectivity index (χ0n) is 16.9. The molecule has 2 aromatic heterocycles. The molecule has 31 heavy (non-hydrogen) atoms. The van der Waals surface area contributed by atoms with E-state index in [0.717, 1.165) is 22.6 Å². The second-order valence-electron chi connectivity index (χ2n) is 6.77. The fraction of sp³-hybridized carbons (Fsp3) is 0.174. The number of H-pyrrole nitrogens is 1. The molecule has 8 heteroatoms. The van der Waals surface area contributed by atoms with Crippen LogP contribution in [0.25, 0.3) is 11.4 Å². The standard InChI is InChI=1S/C23H22N4O3S/c1-29-18-11-9-17(10-12-18)22-25-23(27-26-22)31-20(16-6-3-2-4-7-16)14-21(28)24-15-19-8-5-13-30-19/h2-13,20H,14-15H2,1H3,(H,24,28)(H,25,26,27). The van der Waals surface area contributed by atoms with Crippen molar-refractivity contribution in [2.24, 2.45) is 0 Å². The second kappa shape index (κ2) is 9.99. The van der Waals surface area contributed by atoms with Gasteiger partial charge in [-0.15, -0.1) is 5.10 Å². The van der Waals surface area contributed by atoms with Crippen LogP contribution < -0.4 is 10.1 Å². The van der Waals surface area contributed by atoms with Gasteiger partial charge in [-0.1, -0.05) is 42.1 Å². The number of thioether (sulfide) groups is 1. The van der Waals surface area contributed by atoms with E-state index < -0.39 is 0 Å². The molecule has 2 aromatic carbocycles. The van der Waals surface area contributed by atoms with Crippen molar-refractivity contribution in [2.75, 3.05) is 7.11 Å². The molecule has 0 radical (unpaired) electrons. The molecular weight excluding hydrogens is 412 g/mol. The van der Waals surface area contributed by atoms with E-state index in [0.29, 0.717) is 23.9 Å². The number of aromatic nitrogens is 3. The highest BCUT2D eigenvalue weighted by molar-refractivity contribution is 7.99. The van der Waals surface area contributed by atoms with Crippen LogP contribution in [-0.2, 0) is 11.3 Å². The monoisotopic (exact) mass is 434 g/mol. The van der Waals surface area contributed by atoms with Gasteiger partial charge in [0.1, 0.15) is 11.5 Å². The Morgan fingerprint density at radius 3 is 2.65 bits per heavy atom. The molecule has 0 fully saturated rings. The molecule has 4 aromatic rings. The minimum absolute atomic E-state index is 0.0660. The van der Waals surface area contributed by atoms with Crippen LogP contribution in [0.1, 0.15) is 23.0 Å². The summed E-state index contributed by atoms with van der Waals surface area (Å²) in [5, 5.41) is 10.7. The number of nitrogens with one attached hydrogen (secondary N) is 2. The largest absolute Gasteiger partial charge is 0.497 e. The van der Waals surface area contributed by atoms with Gasteiger partial charge in [-0.25, -0.2) is 4.98 Å². The number of ether oxygens (including phenoxy) is 1. The number of furan rings is 1. The van der Waals surface area contributed by atoms with Crippen LogP contribution in [0.2, 0.25) is 0 Å². The lowest BCUT2D eigenvalue weighted by atomic mass is 10.1. The number of methoxy groups -OCH3 is 1. The van der Waals surface area contributed by atoms with Gasteiger partial charge in [-0.05, 0) is 42.0 Å². The van der Waals surface area contributed by atoms with Crippen molar-refractivity contribution in [1.29, 1.82) is 0 Å². The summed E-state index contributed by atoms with van der Waals surface area (Å²) in [6, 6.07) is 21.1. The number of carbonyl (C=O) groups excluding carboxylic acids is 1. The Morgan fingerprint density at radius 1 is 1.13 bits per heavy atom. The van der Waals surface area contributed by atoms with Gasteiger partial charge in [0.2, 0.25) is 11.1 Å². The van der Waals surface area contributed by atoms with Crippen LogP contribution in [0, 0.1) is 0 Å². The molecule has 1 amide bonds. The number of benzene rings is 2. The number of hydrogen-bond acceptors (Lipinski definition) is 6. The Kier molecular flexibility index (Phi) is 6.68. The molecule has 0 aliphatic carbocycles. The Morgan fingerprint density at radius 2 is 1.94 bits per heavy atom. The average molecular weight is 435 g/mol. The molecule has 1 unspecified atom stereocenters. The highest BCUT2D eigenvalue weighted by Gasteiger charge is 2.20. The summed E-state index contributed by atoms with van der Waals surface area (Å²) < 4.78 is 10.5. The molecule has 2 N–H and O–H groups in total. The molecule has 0 saturated carbocycles. The summed E-state index contributed by atoms with van der Waals surface area (Å²) in [5.74, 6) is 2.10. The lowest BCUT2D eigenvalue weighted by Crippen LogP contribution is -2.23. The molecule has 1 atom stereocenters. The smallest absolute Gasteiger partial charge is 0.221 e. The highest BCUT2D eigenvalue weighted by Crippen LogP contribution is 2.36. The van der Waals surface area contributed by atoms with E-state index in [1.807, 2.05) is 60.7 Å². The first-order valence-electron chi connectivity index (χ1n) is 9.79. The number of rotatable bonds is 9. The number of carbonyl (C=O) groups is 1.